The summed E-state index contributed by atoms with van der Waals surface area (Å²) >= 11 is 0. The molecule has 1 N–H and O–H groups in total. The van der Waals surface area contributed by atoms with Gasteiger partial charge in [0.15, 0.2) is 0 Å². The van der Waals surface area contributed by atoms with Crippen molar-refractivity contribution in [2.75, 3.05) is 26.0 Å². The fourth-order valence-electron chi connectivity index (χ4n) is 2.64. The lowest BCUT2D eigenvalue weighted by molar-refractivity contribution is 0.0780. The summed E-state index contributed by atoms with van der Waals surface area (Å²) in [7, 11) is 5.86. The Labute approximate surface area is 136 Å². The van der Waals surface area contributed by atoms with Crippen LogP contribution in [0.15, 0.2) is 54.6 Å². The number of carbonyl (C=O) groups excluding carboxylic acids is 1. The van der Waals surface area contributed by atoms with E-state index in [4.69, 9.17) is 0 Å². The van der Waals surface area contributed by atoms with E-state index in [1.807, 2.05) is 51.5 Å². The predicted octanol–water partition coefficient (Wildman–Crippen LogP) is 3.51. The fourth-order valence-corrected chi connectivity index (χ4v) is 2.64. The largest absolute Gasteiger partial charge is 0.378 e. The molecule has 1 amide bonds. The number of hydrogen-bond donors (Lipinski definition) is 1. The first-order valence-electron chi connectivity index (χ1n) is 7.64. The van der Waals surface area contributed by atoms with Crippen molar-refractivity contribution in [1.82, 2.24) is 9.88 Å². The third-order valence-electron chi connectivity index (χ3n) is 3.98. The zero-order chi connectivity index (χ0) is 16.4. The number of nitrogens with one attached hydrogen (secondary N) is 1. The lowest BCUT2D eigenvalue weighted by Crippen LogP contribution is -2.26. The van der Waals surface area contributed by atoms with Gasteiger partial charge in [-0.2, -0.15) is 0 Å². The zero-order valence-electron chi connectivity index (χ0n) is 13.7. The molecular weight excluding hydrogens is 286 g/mol. The van der Waals surface area contributed by atoms with Crippen LogP contribution >= 0.6 is 0 Å². The van der Waals surface area contributed by atoms with Gasteiger partial charge in [0.25, 0.3) is 5.91 Å². The topological polar surface area (TPSA) is 39.3 Å². The number of carbonyl (C=O) groups is 1. The molecule has 0 unspecified atom stereocenters. The summed E-state index contributed by atoms with van der Waals surface area (Å²) in [5.41, 5.74) is 3.87. The molecule has 3 aromatic rings. The normalized spacial score (nSPS) is 10.7. The molecule has 0 radical (unpaired) electrons. The molecular formula is C19H21N3O. The Bertz CT molecular complexity index is 785. The Hall–Kier alpha value is -2.75. The van der Waals surface area contributed by atoms with Crippen LogP contribution in [0.5, 0.6) is 0 Å². The van der Waals surface area contributed by atoms with Gasteiger partial charge in [-0.1, -0.05) is 30.3 Å². The third kappa shape index (κ3) is 3.21. The molecule has 0 saturated carbocycles. The van der Waals surface area contributed by atoms with Crippen LogP contribution in [0.2, 0.25) is 0 Å². The summed E-state index contributed by atoms with van der Waals surface area (Å²) < 4.78 is 0. The molecule has 23 heavy (non-hydrogen) atoms. The molecule has 3 rings (SSSR count). The van der Waals surface area contributed by atoms with Gasteiger partial charge < -0.3 is 14.8 Å². The zero-order valence-corrected chi connectivity index (χ0v) is 13.7. The molecule has 1 heterocycles. The number of aromatic nitrogens is 1. The second-order valence-corrected chi connectivity index (χ2v) is 5.99. The number of benzene rings is 2. The van der Waals surface area contributed by atoms with Crippen molar-refractivity contribution in [2.24, 2.45) is 0 Å². The van der Waals surface area contributed by atoms with Crippen molar-refractivity contribution < 1.29 is 4.79 Å². The minimum Gasteiger partial charge on any atom is -0.378 e. The number of H-pyrrole nitrogens is 1. The van der Waals surface area contributed by atoms with E-state index in [2.05, 4.69) is 34.1 Å². The van der Waals surface area contributed by atoms with Crippen LogP contribution in [-0.4, -0.2) is 36.9 Å². The smallest absolute Gasteiger partial charge is 0.270 e. The maximum absolute atomic E-state index is 12.6. The molecule has 118 valence electrons. The number of anilines is 1. The van der Waals surface area contributed by atoms with E-state index in [0.29, 0.717) is 12.2 Å². The molecule has 0 aliphatic heterocycles. The highest BCUT2D eigenvalue weighted by Gasteiger charge is 2.14. The van der Waals surface area contributed by atoms with E-state index < -0.39 is 0 Å². The molecule has 0 bridgehead atoms. The lowest BCUT2D eigenvalue weighted by atomic mass is 10.2. The number of nitrogens with zero attached hydrogens (tertiary/aromatic N) is 2. The van der Waals surface area contributed by atoms with Gasteiger partial charge in [-0.3, -0.25) is 4.79 Å². The third-order valence-corrected chi connectivity index (χ3v) is 3.98. The second kappa shape index (κ2) is 6.16. The Morgan fingerprint density at radius 3 is 2.35 bits per heavy atom. The summed E-state index contributed by atoms with van der Waals surface area (Å²) in [4.78, 5) is 19.6. The SMILES string of the molecule is CN(Cc1ccc(N(C)C)cc1)C(=O)c1cc2ccccc2[nH]1. The van der Waals surface area contributed by atoms with E-state index >= 15 is 0 Å². The molecule has 0 aliphatic rings. The van der Waals surface area contributed by atoms with Crippen molar-refractivity contribution in [3.05, 3.63) is 65.9 Å². The second-order valence-electron chi connectivity index (χ2n) is 5.99. The molecule has 1 aromatic heterocycles. The summed E-state index contributed by atoms with van der Waals surface area (Å²) in [6, 6.07) is 18.1. The van der Waals surface area contributed by atoms with E-state index in [1.165, 1.54) is 0 Å². The molecule has 2 aromatic carbocycles. The first kappa shape index (κ1) is 15.2. The van der Waals surface area contributed by atoms with Gasteiger partial charge in [0.2, 0.25) is 0 Å². The van der Waals surface area contributed by atoms with E-state index in [-0.39, 0.29) is 5.91 Å². The molecule has 0 atom stereocenters. The minimum absolute atomic E-state index is 0.00196. The highest BCUT2D eigenvalue weighted by Crippen LogP contribution is 2.17. The summed E-state index contributed by atoms with van der Waals surface area (Å²) in [6.45, 7) is 0.585. The fraction of sp³-hybridized carbons (Fsp3) is 0.211. The predicted molar refractivity (Wildman–Crippen MR) is 94.9 cm³/mol. The number of rotatable bonds is 4. The number of fused-ring (bicyclic) bond motifs is 1. The Morgan fingerprint density at radius 2 is 1.70 bits per heavy atom. The molecule has 0 aliphatic carbocycles. The summed E-state index contributed by atoms with van der Waals surface area (Å²) in [5, 5.41) is 1.06. The monoisotopic (exact) mass is 307 g/mol. The maximum atomic E-state index is 12.6. The summed E-state index contributed by atoms with van der Waals surface area (Å²) in [6.07, 6.45) is 0. The van der Waals surface area contributed by atoms with Crippen molar-refractivity contribution in [2.45, 2.75) is 6.54 Å². The molecule has 4 heteroatoms. The van der Waals surface area contributed by atoms with Crippen molar-refractivity contribution in [1.29, 1.82) is 0 Å². The van der Waals surface area contributed by atoms with Gasteiger partial charge in [-0.05, 0) is 29.8 Å². The standard InChI is InChI=1S/C19H21N3O/c1-21(2)16-10-8-14(9-11-16)13-22(3)19(23)18-12-15-6-4-5-7-17(15)20-18/h4-12,20H,13H2,1-3H3. The van der Waals surface area contributed by atoms with Gasteiger partial charge in [0.05, 0.1) is 0 Å². The average molecular weight is 307 g/mol. The van der Waals surface area contributed by atoms with Gasteiger partial charge >= 0.3 is 0 Å². The van der Waals surface area contributed by atoms with Crippen LogP contribution in [0.4, 0.5) is 5.69 Å². The van der Waals surface area contributed by atoms with Crippen molar-refractivity contribution >= 4 is 22.5 Å². The quantitative estimate of drug-likeness (QED) is 0.801. The van der Waals surface area contributed by atoms with Gasteiger partial charge in [0.1, 0.15) is 5.69 Å². The Kier molecular flexibility index (Phi) is 4.06. The molecule has 4 nitrogen and oxygen atoms in total. The van der Waals surface area contributed by atoms with Crippen molar-refractivity contribution in [3.8, 4) is 0 Å². The van der Waals surface area contributed by atoms with Crippen LogP contribution in [0.3, 0.4) is 0 Å². The number of aromatic amines is 1. The maximum Gasteiger partial charge on any atom is 0.270 e. The number of amides is 1. The van der Waals surface area contributed by atoms with Gasteiger partial charge in [-0.25, -0.2) is 0 Å². The minimum atomic E-state index is -0.00196. The van der Waals surface area contributed by atoms with E-state index in [9.17, 15) is 4.79 Å². The Balaban J connectivity index is 1.74. The summed E-state index contributed by atoms with van der Waals surface area (Å²) in [5.74, 6) is -0.00196. The van der Waals surface area contributed by atoms with Gasteiger partial charge in [0, 0.05) is 44.3 Å². The highest BCUT2D eigenvalue weighted by molar-refractivity contribution is 5.97. The van der Waals surface area contributed by atoms with Crippen molar-refractivity contribution in [3.63, 3.8) is 0 Å². The van der Waals surface area contributed by atoms with Crippen LogP contribution in [-0.2, 0) is 6.54 Å². The first-order valence-corrected chi connectivity index (χ1v) is 7.64. The van der Waals surface area contributed by atoms with Gasteiger partial charge in [-0.15, -0.1) is 0 Å². The number of para-hydroxylation sites is 1. The van der Waals surface area contributed by atoms with Crippen LogP contribution < -0.4 is 4.90 Å². The number of hydrogen-bond acceptors (Lipinski definition) is 2. The molecule has 0 saturated heterocycles. The first-order chi connectivity index (χ1) is 11.0. The highest BCUT2D eigenvalue weighted by atomic mass is 16.2. The Morgan fingerprint density at radius 1 is 1.00 bits per heavy atom. The van der Waals surface area contributed by atoms with E-state index in [0.717, 1.165) is 22.2 Å². The van der Waals surface area contributed by atoms with Crippen LogP contribution in [0.1, 0.15) is 16.1 Å². The van der Waals surface area contributed by atoms with E-state index in [1.54, 1.807) is 4.90 Å². The molecule has 0 fully saturated rings. The van der Waals surface area contributed by atoms with Crippen LogP contribution in [0, 0.1) is 0 Å². The van der Waals surface area contributed by atoms with Crippen LogP contribution in [0.25, 0.3) is 10.9 Å². The average Bonchev–Trinajstić information content (AvgIpc) is 2.98. The lowest BCUT2D eigenvalue weighted by Gasteiger charge is -2.18. The molecule has 0 spiro atoms.